The smallest absolute Gasteiger partial charge is 0.120 e. The molecule has 2 nitrogen and oxygen atoms in total. The number of nitrogens with one attached hydrogen (secondary N) is 1. The number of aromatic hydroxyl groups is 1. The minimum Gasteiger partial charge on any atom is -0.508 e. The van der Waals surface area contributed by atoms with Gasteiger partial charge in [-0.2, -0.15) is 0 Å². The van der Waals surface area contributed by atoms with Crippen molar-refractivity contribution in [1.29, 1.82) is 0 Å². The summed E-state index contributed by atoms with van der Waals surface area (Å²) in [5, 5.41) is 13.3. The van der Waals surface area contributed by atoms with E-state index < -0.39 is 0 Å². The van der Waals surface area contributed by atoms with Crippen LogP contribution in [-0.4, -0.2) is 11.7 Å². The topological polar surface area (TPSA) is 32.3 Å². The minimum absolute atomic E-state index is 0.00530. The summed E-state index contributed by atoms with van der Waals surface area (Å²) in [6.45, 7) is 5.43. The normalized spacial score (nSPS) is 26.2. The molecule has 1 heterocycles. The highest BCUT2D eigenvalue weighted by Crippen LogP contribution is 2.41. The Hall–Kier alpha value is -1.02. The second-order valence-corrected chi connectivity index (χ2v) is 4.32. The van der Waals surface area contributed by atoms with Gasteiger partial charge in [0, 0.05) is 5.56 Å². The third-order valence-corrected chi connectivity index (χ3v) is 3.33. The SMILES string of the molecule is CC(C)C1(c2ccccc2O)CCN1. The fourth-order valence-corrected chi connectivity index (χ4v) is 2.28. The van der Waals surface area contributed by atoms with Crippen molar-refractivity contribution in [1.82, 2.24) is 5.32 Å². The van der Waals surface area contributed by atoms with Gasteiger partial charge in [0.05, 0.1) is 5.54 Å². The maximum atomic E-state index is 9.82. The molecule has 0 spiro atoms. The van der Waals surface area contributed by atoms with Gasteiger partial charge in [-0.05, 0) is 24.9 Å². The molecule has 1 unspecified atom stereocenters. The third-order valence-electron chi connectivity index (χ3n) is 3.33. The highest BCUT2D eigenvalue weighted by molar-refractivity contribution is 5.40. The van der Waals surface area contributed by atoms with E-state index in [4.69, 9.17) is 0 Å². The Morgan fingerprint density at radius 2 is 2.00 bits per heavy atom. The van der Waals surface area contributed by atoms with Crippen molar-refractivity contribution in [2.45, 2.75) is 25.8 Å². The lowest BCUT2D eigenvalue weighted by atomic mass is 9.72. The van der Waals surface area contributed by atoms with Gasteiger partial charge >= 0.3 is 0 Å². The predicted octanol–water partition coefficient (Wildman–Crippen LogP) is 2.24. The molecule has 0 bridgehead atoms. The van der Waals surface area contributed by atoms with E-state index in [0.717, 1.165) is 18.5 Å². The molecule has 2 rings (SSSR count). The highest BCUT2D eigenvalue weighted by Gasteiger charge is 2.42. The van der Waals surface area contributed by atoms with Crippen LogP contribution in [0.1, 0.15) is 25.8 Å². The Bertz CT molecular complexity index is 329. The Balaban J connectivity index is 2.42. The molecule has 2 heteroatoms. The highest BCUT2D eigenvalue weighted by atomic mass is 16.3. The molecule has 14 heavy (non-hydrogen) atoms. The lowest BCUT2D eigenvalue weighted by Crippen LogP contribution is -2.57. The van der Waals surface area contributed by atoms with Crippen molar-refractivity contribution in [3.05, 3.63) is 29.8 Å². The van der Waals surface area contributed by atoms with Crippen molar-refractivity contribution in [3.8, 4) is 5.75 Å². The first-order valence-corrected chi connectivity index (χ1v) is 5.20. The quantitative estimate of drug-likeness (QED) is 0.751. The summed E-state index contributed by atoms with van der Waals surface area (Å²) >= 11 is 0. The van der Waals surface area contributed by atoms with Gasteiger partial charge in [0.1, 0.15) is 5.75 Å². The van der Waals surface area contributed by atoms with Crippen molar-refractivity contribution in [2.24, 2.45) is 5.92 Å². The number of benzene rings is 1. The van der Waals surface area contributed by atoms with Crippen LogP contribution in [0.15, 0.2) is 24.3 Å². The summed E-state index contributed by atoms with van der Waals surface area (Å²) in [5.74, 6) is 0.915. The molecule has 1 fully saturated rings. The summed E-state index contributed by atoms with van der Waals surface area (Å²) < 4.78 is 0. The van der Waals surface area contributed by atoms with E-state index in [-0.39, 0.29) is 5.54 Å². The van der Waals surface area contributed by atoms with Crippen molar-refractivity contribution >= 4 is 0 Å². The molecule has 1 aromatic rings. The number of phenolic OH excluding ortho intramolecular Hbond substituents is 1. The maximum Gasteiger partial charge on any atom is 0.120 e. The lowest BCUT2D eigenvalue weighted by molar-refractivity contribution is 0.135. The Labute approximate surface area is 85.0 Å². The van der Waals surface area contributed by atoms with E-state index in [1.165, 1.54) is 0 Å². The van der Waals surface area contributed by atoms with Crippen LogP contribution < -0.4 is 5.32 Å². The van der Waals surface area contributed by atoms with Crippen molar-refractivity contribution in [3.63, 3.8) is 0 Å². The molecule has 1 aliphatic rings. The second kappa shape index (κ2) is 3.28. The van der Waals surface area contributed by atoms with E-state index in [1.54, 1.807) is 6.07 Å². The number of phenols is 1. The lowest BCUT2D eigenvalue weighted by Gasteiger charge is -2.47. The molecular weight excluding hydrogens is 174 g/mol. The van der Waals surface area contributed by atoms with E-state index in [9.17, 15) is 5.11 Å². The summed E-state index contributed by atoms with van der Waals surface area (Å²) in [6, 6.07) is 7.63. The average molecular weight is 191 g/mol. The van der Waals surface area contributed by atoms with Crippen LogP contribution in [0.2, 0.25) is 0 Å². The van der Waals surface area contributed by atoms with E-state index in [0.29, 0.717) is 11.7 Å². The van der Waals surface area contributed by atoms with Crippen LogP contribution in [0, 0.1) is 5.92 Å². The van der Waals surface area contributed by atoms with Crippen LogP contribution in [0.3, 0.4) is 0 Å². The van der Waals surface area contributed by atoms with Crippen LogP contribution in [0.4, 0.5) is 0 Å². The predicted molar refractivity (Wildman–Crippen MR) is 57.2 cm³/mol. The summed E-state index contributed by atoms with van der Waals surface area (Å²) in [6.07, 6.45) is 1.11. The Morgan fingerprint density at radius 3 is 2.43 bits per heavy atom. The number of hydrogen-bond donors (Lipinski definition) is 2. The molecule has 1 aliphatic heterocycles. The molecular formula is C12H17NO. The van der Waals surface area contributed by atoms with Crippen LogP contribution in [0.5, 0.6) is 5.75 Å². The second-order valence-electron chi connectivity index (χ2n) is 4.32. The average Bonchev–Trinajstić information content (AvgIpc) is 2.05. The largest absolute Gasteiger partial charge is 0.508 e. The van der Waals surface area contributed by atoms with Gasteiger partial charge in [-0.1, -0.05) is 32.0 Å². The monoisotopic (exact) mass is 191 g/mol. The first-order valence-electron chi connectivity index (χ1n) is 5.20. The molecule has 0 aromatic heterocycles. The van der Waals surface area contributed by atoms with E-state index in [1.807, 2.05) is 18.2 Å². The third kappa shape index (κ3) is 1.22. The van der Waals surface area contributed by atoms with Gasteiger partial charge in [0.15, 0.2) is 0 Å². The van der Waals surface area contributed by atoms with Gasteiger partial charge in [-0.15, -0.1) is 0 Å². The molecule has 0 radical (unpaired) electrons. The molecule has 1 saturated heterocycles. The zero-order valence-electron chi connectivity index (χ0n) is 8.75. The molecule has 1 aromatic carbocycles. The number of hydrogen-bond acceptors (Lipinski definition) is 2. The zero-order chi connectivity index (χ0) is 10.2. The standard InChI is InChI=1S/C12H17NO/c1-9(2)12(7-8-13-12)10-5-3-4-6-11(10)14/h3-6,9,13-14H,7-8H2,1-2H3. The Kier molecular flexibility index (Phi) is 2.23. The van der Waals surface area contributed by atoms with Gasteiger partial charge in [-0.25, -0.2) is 0 Å². The summed E-state index contributed by atoms with van der Waals surface area (Å²) in [5.41, 5.74) is 1.05. The molecule has 1 atom stereocenters. The number of para-hydroxylation sites is 1. The van der Waals surface area contributed by atoms with Crippen molar-refractivity contribution in [2.75, 3.05) is 6.54 Å². The van der Waals surface area contributed by atoms with Crippen LogP contribution in [-0.2, 0) is 5.54 Å². The van der Waals surface area contributed by atoms with Gasteiger partial charge in [-0.3, -0.25) is 0 Å². The fraction of sp³-hybridized carbons (Fsp3) is 0.500. The zero-order valence-corrected chi connectivity index (χ0v) is 8.75. The van der Waals surface area contributed by atoms with Crippen LogP contribution >= 0.6 is 0 Å². The van der Waals surface area contributed by atoms with Crippen LogP contribution in [0.25, 0.3) is 0 Å². The van der Waals surface area contributed by atoms with Gasteiger partial charge in [0.25, 0.3) is 0 Å². The first kappa shape index (κ1) is 9.53. The fourth-order valence-electron chi connectivity index (χ4n) is 2.28. The molecule has 76 valence electrons. The number of rotatable bonds is 2. The van der Waals surface area contributed by atoms with E-state index >= 15 is 0 Å². The molecule has 0 saturated carbocycles. The Morgan fingerprint density at radius 1 is 1.36 bits per heavy atom. The van der Waals surface area contributed by atoms with E-state index in [2.05, 4.69) is 19.2 Å². The summed E-state index contributed by atoms with van der Waals surface area (Å²) in [4.78, 5) is 0. The first-order chi connectivity index (χ1) is 6.67. The van der Waals surface area contributed by atoms with Crippen molar-refractivity contribution < 1.29 is 5.11 Å². The minimum atomic E-state index is 0.00530. The molecule has 2 N–H and O–H groups in total. The molecule has 0 amide bonds. The summed E-state index contributed by atoms with van der Waals surface area (Å²) in [7, 11) is 0. The van der Waals surface area contributed by atoms with Gasteiger partial charge in [0.2, 0.25) is 0 Å². The van der Waals surface area contributed by atoms with Gasteiger partial charge < -0.3 is 10.4 Å². The maximum absolute atomic E-state index is 9.82. The molecule has 0 aliphatic carbocycles.